The van der Waals surface area contributed by atoms with Gasteiger partial charge in [0.1, 0.15) is 5.75 Å². The molecular weight excluding hydrogens is 441 g/mol. The van der Waals surface area contributed by atoms with Gasteiger partial charge in [0.25, 0.3) is 0 Å². The van der Waals surface area contributed by atoms with Gasteiger partial charge in [-0.3, -0.25) is 0 Å². The van der Waals surface area contributed by atoms with Gasteiger partial charge in [-0.15, -0.1) is 24.0 Å². The number of aliphatic imine (C=N–C) groups is 1. The minimum Gasteiger partial charge on any atom is -0.493 e. The van der Waals surface area contributed by atoms with E-state index in [2.05, 4.69) is 42.7 Å². The van der Waals surface area contributed by atoms with Crippen molar-refractivity contribution in [2.75, 3.05) is 26.3 Å². The average molecular weight is 473 g/mol. The molecule has 2 fully saturated rings. The molecular formula is C20H32IN3O2. The zero-order valence-electron chi connectivity index (χ0n) is 15.9. The van der Waals surface area contributed by atoms with Gasteiger partial charge < -0.3 is 20.5 Å². The third-order valence-corrected chi connectivity index (χ3v) is 5.07. The third-order valence-electron chi connectivity index (χ3n) is 5.07. The van der Waals surface area contributed by atoms with Gasteiger partial charge in [-0.1, -0.05) is 12.1 Å². The molecule has 2 saturated carbocycles. The molecule has 5 nitrogen and oxygen atoms in total. The average Bonchev–Trinajstić information content (AvgIpc) is 3.52. The highest BCUT2D eigenvalue weighted by Crippen LogP contribution is 2.44. The molecule has 0 bridgehead atoms. The van der Waals surface area contributed by atoms with E-state index < -0.39 is 0 Å². The molecule has 0 saturated heterocycles. The summed E-state index contributed by atoms with van der Waals surface area (Å²) in [6, 6.07) is 6.33. The summed E-state index contributed by atoms with van der Waals surface area (Å²) < 4.78 is 6.03. The van der Waals surface area contributed by atoms with Crippen LogP contribution in [0, 0.1) is 18.3 Å². The zero-order chi connectivity index (χ0) is 17.7. The molecule has 1 aromatic rings. The van der Waals surface area contributed by atoms with Crippen molar-refractivity contribution in [3.05, 3.63) is 29.3 Å². The summed E-state index contributed by atoms with van der Waals surface area (Å²) in [4.78, 5) is 4.71. The molecule has 2 aliphatic carbocycles. The van der Waals surface area contributed by atoms with E-state index in [-0.39, 0.29) is 36.0 Å². The van der Waals surface area contributed by atoms with Crippen LogP contribution in [0.3, 0.4) is 0 Å². The van der Waals surface area contributed by atoms with Crippen LogP contribution in [0.15, 0.2) is 23.2 Å². The Balaban J connectivity index is 0.00000243. The number of ether oxygens (including phenoxy) is 1. The number of nitrogens with one attached hydrogen (secondary N) is 2. The molecule has 146 valence electrons. The second-order valence-electron chi connectivity index (χ2n) is 7.57. The van der Waals surface area contributed by atoms with E-state index in [0.29, 0.717) is 6.54 Å². The Morgan fingerprint density at radius 2 is 2.08 bits per heavy atom. The van der Waals surface area contributed by atoms with Crippen LogP contribution in [0.5, 0.6) is 5.75 Å². The molecule has 0 aliphatic heterocycles. The molecule has 0 aromatic heterocycles. The predicted molar refractivity (Wildman–Crippen MR) is 116 cm³/mol. The third kappa shape index (κ3) is 6.30. The number of halogens is 1. The molecule has 0 amide bonds. The number of hydrogen-bond acceptors (Lipinski definition) is 3. The van der Waals surface area contributed by atoms with E-state index in [1.165, 1.54) is 18.4 Å². The van der Waals surface area contributed by atoms with Gasteiger partial charge in [0.2, 0.25) is 0 Å². The maximum Gasteiger partial charge on any atom is 0.191 e. The van der Waals surface area contributed by atoms with Crippen LogP contribution in [0.25, 0.3) is 0 Å². The molecule has 1 aromatic carbocycles. The standard InChI is InChI=1S/C20H31N3O2.HI/c1-3-21-19(23-13-20(14-24)8-9-20)22-11-17-7-4-15(2)10-18(17)25-12-16-5-6-16;/h4,7,10,16,24H,3,5-6,8-9,11-14H2,1-2H3,(H2,21,22,23);1H. The van der Waals surface area contributed by atoms with Crippen LogP contribution in [0.4, 0.5) is 0 Å². The van der Waals surface area contributed by atoms with Crippen molar-refractivity contribution in [3.8, 4) is 5.75 Å². The summed E-state index contributed by atoms with van der Waals surface area (Å²) in [5.41, 5.74) is 2.40. The normalized spacial score (nSPS) is 18.0. The van der Waals surface area contributed by atoms with Gasteiger partial charge in [0.05, 0.1) is 19.8 Å². The summed E-state index contributed by atoms with van der Waals surface area (Å²) in [5.74, 6) is 2.50. The fourth-order valence-electron chi connectivity index (χ4n) is 2.76. The Morgan fingerprint density at radius 3 is 2.69 bits per heavy atom. The van der Waals surface area contributed by atoms with Gasteiger partial charge in [0.15, 0.2) is 5.96 Å². The lowest BCUT2D eigenvalue weighted by molar-refractivity contribution is 0.212. The van der Waals surface area contributed by atoms with Crippen LogP contribution in [-0.2, 0) is 6.54 Å². The van der Waals surface area contributed by atoms with Crippen LogP contribution in [-0.4, -0.2) is 37.4 Å². The Hall–Kier alpha value is -1.02. The largest absolute Gasteiger partial charge is 0.493 e. The molecule has 0 unspecified atom stereocenters. The van der Waals surface area contributed by atoms with E-state index in [4.69, 9.17) is 9.73 Å². The smallest absolute Gasteiger partial charge is 0.191 e. The Kier molecular flexibility index (Phi) is 8.01. The minimum absolute atomic E-state index is 0. The quantitative estimate of drug-likeness (QED) is 0.293. The lowest BCUT2D eigenvalue weighted by atomic mass is 10.1. The number of rotatable bonds is 9. The maximum absolute atomic E-state index is 9.46. The summed E-state index contributed by atoms with van der Waals surface area (Å²) in [6.07, 6.45) is 4.76. The topological polar surface area (TPSA) is 65.9 Å². The first-order valence-corrected chi connectivity index (χ1v) is 9.49. The first kappa shape index (κ1) is 21.3. The molecule has 3 N–H and O–H groups in total. The molecule has 0 spiro atoms. The number of hydrogen-bond donors (Lipinski definition) is 3. The monoisotopic (exact) mass is 473 g/mol. The summed E-state index contributed by atoms with van der Waals surface area (Å²) in [6.45, 7) is 7.39. The highest BCUT2D eigenvalue weighted by Gasteiger charge is 2.41. The van der Waals surface area contributed by atoms with Crippen molar-refractivity contribution >= 4 is 29.9 Å². The predicted octanol–water partition coefficient (Wildman–Crippen LogP) is 3.23. The zero-order valence-corrected chi connectivity index (χ0v) is 18.2. The Bertz CT molecular complexity index is 613. The van der Waals surface area contributed by atoms with E-state index >= 15 is 0 Å². The molecule has 0 atom stereocenters. The second kappa shape index (κ2) is 9.78. The van der Waals surface area contributed by atoms with E-state index in [1.807, 2.05) is 0 Å². The van der Waals surface area contributed by atoms with Crippen molar-refractivity contribution in [2.45, 2.75) is 46.1 Å². The Morgan fingerprint density at radius 1 is 1.31 bits per heavy atom. The lowest BCUT2D eigenvalue weighted by Gasteiger charge is -2.17. The van der Waals surface area contributed by atoms with Crippen LogP contribution in [0.2, 0.25) is 0 Å². The number of benzene rings is 1. The fraction of sp³-hybridized carbons (Fsp3) is 0.650. The number of aliphatic hydroxyl groups is 1. The van der Waals surface area contributed by atoms with Crippen LogP contribution >= 0.6 is 24.0 Å². The van der Waals surface area contributed by atoms with Crippen LogP contribution < -0.4 is 15.4 Å². The van der Waals surface area contributed by atoms with Crippen molar-refractivity contribution in [3.63, 3.8) is 0 Å². The molecule has 6 heteroatoms. The molecule has 0 heterocycles. The van der Waals surface area contributed by atoms with Gasteiger partial charge in [-0.25, -0.2) is 4.99 Å². The number of guanidine groups is 1. The minimum atomic E-state index is 0. The van der Waals surface area contributed by atoms with Crippen molar-refractivity contribution in [1.82, 2.24) is 10.6 Å². The first-order chi connectivity index (χ1) is 12.1. The van der Waals surface area contributed by atoms with E-state index in [9.17, 15) is 5.11 Å². The van der Waals surface area contributed by atoms with Crippen LogP contribution in [0.1, 0.15) is 43.7 Å². The molecule has 26 heavy (non-hydrogen) atoms. The first-order valence-electron chi connectivity index (χ1n) is 9.49. The summed E-state index contributed by atoms with van der Waals surface area (Å²) >= 11 is 0. The molecule has 0 radical (unpaired) electrons. The summed E-state index contributed by atoms with van der Waals surface area (Å²) in [5, 5.41) is 16.1. The van der Waals surface area contributed by atoms with Crippen molar-refractivity contribution in [1.29, 1.82) is 0 Å². The number of aliphatic hydroxyl groups excluding tert-OH is 1. The summed E-state index contributed by atoms with van der Waals surface area (Å²) in [7, 11) is 0. The van der Waals surface area contributed by atoms with E-state index in [1.54, 1.807) is 0 Å². The molecule has 3 rings (SSSR count). The lowest BCUT2D eigenvalue weighted by Crippen LogP contribution is -2.41. The Labute approximate surface area is 174 Å². The van der Waals surface area contributed by atoms with E-state index in [0.717, 1.165) is 55.7 Å². The highest BCUT2D eigenvalue weighted by atomic mass is 127. The maximum atomic E-state index is 9.46. The van der Waals surface area contributed by atoms with Gasteiger partial charge in [-0.2, -0.15) is 0 Å². The second-order valence-corrected chi connectivity index (χ2v) is 7.57. The number of aryl methyl sites for hydroxylation is 1. The van der Waals surface area contributed by atoms with Gasteiger partial charge >= 0.3 is 0 Å². The van der Waals surface area contributed by atoms with Crippen molar-refractivity contribution < 1.29 is 9.84 Å². The highest BCUT2D eigenvalue weighted by molar-refractivity contribution is 14.0. The number of nitrogens with zero attached hydrogens (tertiary/aromatic N) is 1. The van der Waals surface area contributed by atoms with Gasteiger partial charge in [0, 0.05) is 24.1 Å². The van der Waals surface area contributed by atoms with Crippen molar-refractivity contribution in [2.24, 2.45) is 16.3 Å². The molecule has 2 aliphatic rings. The fourth-order valence-corrected chi connectivity index (χ4v) is 2.76. The van der Waals surface area contributed by atoms with Gasteiger partial charge in [-0.05, 0) is 57.1 Å². The SMILES string of the molecule is CCNC(=NCc1ccc(C)cc1OCC1CC1)NCC1(CO)CC1.I.